The van der Waals surface area contributed by atoms with E-state index in [1.807, 2.05) is 119 Å². The number of thiophene rings is 1. The molecule has 11 heteroatoms. The zero-order chi connectivity index (χ0) is 55.7. The lowest BCUT2D eigenvalue weighted by molar-refractivity contribution is 0.0303. The first-order valence-corrected chi connectivity index (χ1v) is 27.1. The van der Waals surface area contributed by atoms with Crippen molar-refractivity contribution in [3.63, 3.8) is 0 Å². The van der Waals surface area contributed by atoms with Crippen LogP contribution in [0.1, 0.15) is 107 Å². The van der Waals surface area contributed by atoms with Gasteiger partial charge in [0.25, 0.3) is 11.8 Å². The molecule has 0 unspecified atom stereocenters. The van der Waals surface area contributed by atoms with Crippen LogP contribution in [-0.4, -0.2) is 71.9 Å². The Morgan fingerprint density at radius 2 is 1.26 bits per heavy atom. The van der Waals surface area contributed by atoms with Crippen molar-refractivity contribution in [2.24, 2.45) is 0 Å². The van der Waals surface area contributed by atoms with Gasteiger partial charge in [0.2, 0.25) is 0 Å². The molecule has 1 aliphatic heterocycles. The predicted molar refractivity (Wildman–Crippen MR) is 317 cm³/mol. The first kappa shape index (κ1) is 60.1. The van der Waals surface area contributed by atoms with E-state index >= 15 is 0 Å². The molecule has 77 heavy (non-hydrogen) atoms. The molecule has 10 nitrogen and oxygen atoms in total. The number of aldehydes is 1. The van der Waals surface area contributed by atoms with E-state index in [1.165, 1.54) is 43.1 Å². The average Bonchev–Trinajstić information content (AvgIpc) is 4.02. The molecular weight excluding hydrogens is 977 g/mol. The van der Waals surface area contributed by atoms with Crippen LogP contribution in [-0.2, 0) is 4.74 Å². The third-order valence-corrected chi connectivity index (χ3v) is 13.2. The largest absolute Gasteiger partial charge is 0.494 e. The van der Waals surface area contributed by atoms with Crippen molar-refractivity contribution >= 4 is 50.3 Å². The summed E-state index contributed by atoms with van der Waals surface area (Å²) in [5, 5.41) is 9.06. The number of aryl methyl sites for hydroxylation is 10. The number of aromatic nitrogens is 2. The fourth-order valence-electron chi connectivity index (χ4n) is 7.69. The summed E-state index contributed by atoms with van der Waals surface area (Å²) in [5.74, 6) is 3.13. The minimum atomic E-state index is 0.0613. The highest BCUT2D eigenvalue weighted by atomic mass is 32.1. The van der Waals surface area contributed by atoms with Crippen LogP contribution in [0.3, 0.4) is 0 Å². The van der Waals surface area contributed by atoms with Gasteiger partial charge in [-0.1, -0.05) is 119 Å². The van der Waals surface area contributed by atoms with Crippen molar-refractivity contribution in [1.82, 2.24) is 20.2 Å². The summed E-state index contributed by atoms with van der Waals surface area (Å²) >= 11 is 1.81. The highest BCUT2D eigenvalue weighted by Crippen LogP contribution is 2.25. The lowest BCUT2D eigenvalue weighted by atomic mass is 10.1. The van der Waals surface area contributed by atoms with Crippen LogP contribution < -0.4 is 10.1 Å². The first-order chi connectivity index (χ1) is 37.0. The molecule has 1 saturated heterocycles. The van der Waals surface area contributed by atoms with Gasteiger partial charge in [-0.05, 0) is 176 Å². The Morgan fingerprint density at radius 1 is 0.662 bits per heavy atom. The second-order valence-corrected chi connectivity index (χ2v) is 20.1. The van der Waals surface area contributed by atoms with Gasteiger partial charge in [0.1, 0.15) is 17.3 Å². The van der Waals surface area contributed by atoms with Gasteiger partial charge in [0.15, 0.2) is 12.0 Å². The van der Waals surface area contributed by atoms with E-state index in [-0.39, 0.29) is 11.8 Å². The van der Waals surface area contributed by atoms with Crippen LogP contribution in [0.5, 0.6) is 5.75 Å². The van der Waals surface area contributed by atoms with Crippen molar-refractivity contribution in [3.05, 3.63) is 230 Å². The molecule has 1 N–H and O–H groups in total. The molecule has 0 bridgehead atoms. The zero-order valence-electron chi connectivity index (χ0n) is 46.8. The number of morpholine rings is 1. The molecule has 3 aromatic heterocycles. The van der Waals surface area contributed by atoms with E-state index in [1.54, 1.807) is 19.1 Å². The Labute approximate surface area is 460 Å². The maximum Gasteiger partial charge on any atom is 0.254 e. The molecular formula is C66H76N4O6S. The lowest BCUT2D eigenvalue weighted by Gasteiger charge is -2.26. The van der Waals surface area contributed by atoms with Gasteiger partial charge < -0.3 is 24.1 Å². The minimum absolute atomic E-state index is 0.0613. The Bertz CT molecular complexity index is 3260. The van der Waals surface area contributed by atoms with E-state index in [0.29, 0.717) is 44.4 Å². The molecule has 402 valence electrons. The monoisotopic (exact) mass is 1050 g/mol. The summed E-state index contributed by atoms with van der Waals surface area (Å²) in [5.41, 5.74) is 11.4. The smallest absolute Gasteiger partial charge is 0.254 e. The van der Waals surface area contributed by atoms with Crippen LogP contribution in [0, 0.1) is 69.2 Å². The Balaban J connectivity index is 0.000000168. The zero-order valence-corrected chi connectivity index (χ0v) is 47.6. The molecule has 9 aromatic rings. The van der Waals surface area contributed by atoms with Gasteiger partial charge in [-0.2, -0.15) is 0 Å². The molecule has 1 saturated carbocycles. The number of amides is 2. The van der Waals surface area contributed by atoms with Crippen LogP contribution in [0.2, 0.25) is 0 Å². The topological polar surface area (TPSA) is 124 Å². The maximum absolute atomic E-state index is 12.0. The van der Waals surface area contributed by atoms with Crippen LogP contribution >= 0.6 is 11.3 Å². The molecule has 0 atom stereocenters. The Morgan fingerprint density at radius 3 is 1.81 bits per heavy atom. The quantitative estimate of drug-likeness (QED) is 0.163. The molecule has 0 radical (unpaired) electrons. The molecule has 1 aliphatic carbocycles. The molecule has 4 heterocycles. The number of rotatable bonds is 6. The van der Waals surface area contributed by atoms with Crippen molar-refractivity contribution in [2.45, 2.75) is 95.0 Å². The summed E-state index contributed by atoms with van der Waals surface area (Å²) in [4.78, 5) is 43.5. The minimum Gasteiger partial charge on any atom is -0.494 e. The van der Waals surface area contributed by atoms with Crippen LogP contribution in [0.25, 0.3) is 20.9 Å². The van der Waals surface area contributed by atoms with E-state index in [2.05, 4.69) is 127 Å². The summed E-state index contributed by atoms with van der Waals surface area (Å²) in [6.07, 6.45) is 4.81. The van der Waals surface area contributed by atoms with Crippen molar-refractivity contribution in [1.29, 1.82) is 0 Å². The Kier molecular flexibility index (Phi) is 24.5. The van der Waals surface area contributed by atoms with Crippen molar-refractivity contribution in [2.75, 3.05) is 32.9 Å². The second-order valence-electron chi connectivity index (χ2n) is 19.2. The predicted octanol–water partition coefficient (Wildman–Crippen LogP) is 15.2. The SMILES string of the molecule is CCOc1ccc2cc(C)ccc2c1.Cc1ccc(C=O)o1.Cc1cccc(C(=O)N2CCOCC2)c1.Cc1cccc(C(=O)NC2CC2)c1.Cc1cccc(C)c1.Cc1csc2ccccc12.Cc1ncc(C)c(C)n1. The summed E-state index contributed by atoms with van der Waals surface area (Å²) in [6.45, 7) is 25.6. The number of benzene rings is 6. The lowest BCUT2D eigenvalue weighted by Crippen LogP contribution is -2.40. The van der Waals surface area contributed by atoms with Crippen LogP contribution in [0.4, 0.5) is 0 Å². The molecule has 2 fully saturated rings. The fraction of sp³-hybridized carbons (Fsp3) is 0.288. The molecule has 2 amide bonds. The number of furan rings is 1. The third-order valence-electron chi connectivity index (χ3n) is 12.1. The molecule has 2 aliphatic rings. The Hall–Kier alpha value is -7.73. The van der Waals surface area contributed by atoms with Gasteiger partial charge in [-0.15, -0.1) is 11.3 Å². The average molecular weight is 1050 g/mol. The third kappa shape index (κ3) is 21.4. The highest BCUT2D eigenvalue weighted by molar-refractivity contribution is 7.17. The van der Waals surface area contributed by atoms with Gasteiger partial charge >= 0.3 is 0 Å². The number of carbonyl (C=O) groups is 3. The number of fused-ring (bicyclic) bond motifs is 2. The van der Waals surface area contributed by atoms with Crippen molar-refractivity contribution < 1.29 is 28.3 Å². The number of ether oxygens (including phenoxy) is 2. The summed E-state index contributed by atoms with van der Waals surface area (Å²) in [7, 11) is 0. The van der Waals surface area contributed by atoms with E-state index in [9.17, 15) is 14.4 Å². The summed E-state index contributed by atoms with van der Waals surface area (Å²) in [6, 6.07) is 48.8. The van der Waals surface area contributed by atoms with Gasteiger partial charge in [-0.25, -0.2) is 9.97 Å². The van der Waals surface area contributed by atoms with Crippen LogP contribution in [0.15, 0.2) is 162 Å². The standard InChI is InChI=1S/C13H14O.C12H15NO2.C11H13NO.C9H8S.C8H10.C7H10N2.C6H6O2/c1-3-14-13-7-6-11-8-10(2)4-5-12(11)9-13;1-10-3-2-4-11(9-10)12(14)13-5-7-15-8-6-13;1-8-3-2-4-9(7-8)11(13)12-10-5-6-10;1-7-6-10-9-5-3-2-4-8(7)9;1-7-4-3-5-8(2)6-7;1-5-4-8-7(3)9-6(5)2;1-5-2-3-6(4-7)8-5/h4-9H,3H2,1-2H3;2-4,9H,5-8H2,1H3;2-4,7,10H,5-6H2,1H3,(H,12,13);2-6H,1H3;3-6H,1-2H3;4H,1-3H3;2-4H,1H3. The van der Waals surface area contributed by atoms with E-state index < -0.39 is 0 Å². The number of hydrogen-bond donors (Lipinski definition) is 1. The molecule has 11 rings (SSSR count). The van der Waals surface area contributed by atoms with Gasteiger partial charge in [0.05, 0.1) is 19.8 Å². The van der Waals surface area contributed by atoms with Crippen molar-refractivity contribution in [3.8, 4) is 5.75 Å². The fourth-order valence-corrected chi connectivity index (χ4v) is 8.63. The maximum atomic E-state index is 12.0. The number of hydrogen-bond acceptors (Lipinski definition) is 9. The number of nitrogens with one attached hydrogen (secondary N) is 1. The van der Waals surface area contributed by atoms with Gasteiger partial charge in [0, 0.05) is 46.8 Å². The number of nitrogens with zero attached hydrogens (tertiary/aromatic N) is 3. The first-order valence-electron chi connectivity index (χ1n) is 26.2. The second kappa shape index (κ2) is 31.3. The summed E-state index contributed by atoms with van der Waals surface area (Å²) < 4.78 is 16.9. The van der Waals surface area contributed by atoms with E-state index in [0.717, 1.165) is 70.3 Å². The van der Waals surface area contributed by atoms with Gasteiger partial charge in [-0.3, -0.25) is 14.4 Å². The highest BCUT2D eigenvalue weighted by Gasteiger charge is 2.23. The molecule has 6 aromatic carbocycles. The normalized spacial score (nSPS) is 12.1. The number of carbonyl (C=O) groups excluding carboxylic acids is 3. The van der Waals surface area contributed by atoms with E-state index in [4.69, 9.17) is 13.9 Å². The molecule has 0 spiro atoms.